The molecule has 0 aromatic carbocycles. The fourth-order valence-electron chi connectivity index (χ4n) is 2.41. The smallest absolute Gasteiger partial charge is 0.0696 e. The summed E-state index contributed by atoms with van der Waals surface area (Å²) in [6.07, 6.45) is 4.71. The zero-order valence-corrected chi connectivity index (χ0v) is 6.45. The molecule has 2 aliphatic rings. The molecular formula is C8H15NO. The molecule has 58 valence electrons. The van der Waals surface area contributed by atoms with Crippen LogP contribution >= 0.6 is 0 Å². The Morgan fingerprint density at radius 3 is 2.60 bits per heavy atom. The van der Waals surface area contributed by atoms with Crippen molar-refractivity contribution >= 4 is 0 Å². The van der Waals surface area contributed by atoms with Crippen molar-refractivity contribution in [1.82, 2.24) is 4.90 Å². The standard InChI is InChI=1S/C8H15NO/c1-9-6-2-4-7(9)8(10)5-3-6/h6-8,10H,2-5H2,1H3/t6?,7?,8-/m0/s1. The second-order valence-corrected chi connectivity index (χ2v) is 3.61. The number of rotatable bonds is 0. The van der Waals surface area contributed by atoms with Gasteiger partial charge in [-0.3, -0.25) is 4.90 Å². The predicted molar refractivity (Wildman–Crippen MR) is 39.8 cm³/mol. The minimum atomic E-state index is -0.0382. The van der Waals surface area contributed by atoms with E-state index in [-0.39, 0.29) is 6.10 Å². The SMILES string of the molecule is CN1C2CCC1[C@@H](O)CC2. The lowest BCUT2D eigenvalue weighted by atomic mass is 10.0. The summed E-state index contributed by atoms with van der Waals surface area (Å²) in [4.78, 5) is 2.36. The molecule has 0 aromatic rings. The topological polar surface area (TPSA) is 23.5 Å². The molecule has 2 unspecified atom stereocenters. The normalized spacial score (nSPS) is 48.0. The Morgan fingerprint density at radius 2 is 1.90 bits per heavy atom. The molecule has 2 aliphatic heterocycles. The summed E-state index contributed by atoms with van der Waals surface area (Å²) in [6.45, 7) is 0. The summed E-state index contributed by atoms with van der Waals surface area (Å²) in [6, 6.07) is 1.27. The highest BCUT2D eigenvalue weighted by atomic mass is 16.3. The van der Waals surface area contributed by atoms with E-state index in [1.807, 2.05) is 0 Å². The van der Waals surface area contributed by atoms with Crippen molar-refractivity contribution in [1.29, 1.82) is 0 Å². The van der Waals surface area contributed by atoms with Crippen LogP contribution in [0.25, 0.3) is 0 Å². The molecule has 2 rings (SSSR count). The van der Waals surface area contributed by atoms with Crippen molar-refractivity contribution in [3.05, 3.63) is 0 Å². The lowest BCUT2D eigenvalue weighted by molar-refractivity contribution is 0.0294. The largest absolute Gasteiger partial charge is 0.391 e. The molecule has 0 radical (unpaired) electrons. The summed E-state index contributed by atoms with van der Waals surface area (Å²) in [5.41, 5.74) is 0. The molecule has 2 heteroatoms. The molecule has 0 spiro atoms. The zero-order valence-electron chi connectivity index (χ0n) is 6.45. The van der Waals surface area contributed by atoms with E-state index in [0.29, 0.717) is 6.04 Å². The van der Waals surface area contributed by atoms with E-state index < -0.39 is 0 Å². The Bertz CT molecular complexity index is 137. The first-order chi connectivity index (χ1) is 4.79. The van der Waals surface area contributed by atoms with Crippen LogP contribution in [0.4, 0.5) is 0 Å². The summed E-state index contributed by atoms with van der Waals surface area (Å²) in [7, 11) is 2.14. The van der Waals surface area contributed by atoms with E-state index in [1.54, 1.807) is 0 Å². The molecule has 2 nitrogen and oxygen atoms in total. The van der Waals surface area contributed by atoms with Gasteiger partial charge in [-0.1, -0.05) is 0 Å². The van der Waals surface area contributed by atoms with Crippen molar-refractivity contribution < 1.29 is 5.11 Å². The van der Waals surface area contributed by atoms with Crippen LogP contribution in [0.15, 0.2) is 0 Å². The van der Waals surface area contributed by atoms with Crippen molar-refractivity contribution in [2.24, 2.45) is 0 Å². The lowest BCUT2D eigenvalue weighted by Gasteiger charge is -2.34. The van der Waals surface area contributed by atoms with Crippen LogP contribution in [-0.4, -0.2) is 35.2 Å². The van der Waals surface area contributed by atoms with Gasteiger partial charge in [0, 0.05) is 12.1 Å². The van der Waals surface area contributed by atoms with Gasteiger partial charge < -0.3 is 5.11 Å². The maximum absolute atomic E-state index is 9.52. The molecule has 0 aromatic heterocycles. The third-order valence-corrected chi connectivity index (χ3v) is 3.13. The summed E-state index contributed by atoms with van der Waals surface area (Å²) in [5, 5.41) is 9.52. The van der Waals surface area contributed by atoms with Crippen molar-refractivity contribution in [3.63, 3.8) is 0 Å². The Kier molecular flexibility index (Phi) is 1.46. The van der Waals surface area contributed by atoms with Crippen LogP contribution in [0, 0.1) is 0 Å². The van der Waals surface area contributed by atoms with Crippen LogP contribution in [0.2, 0.25) is 0 Å². The van der Waals surface area contributed by atoms with Crippen molar-refractivity contribution in [3.8, 4) is 0 Å². The summed E-state index contributed by atoms with van der Waals surface area (Å²) < 4.78 is 0. The number of piperidine rings is 1. The number of hydrogen-bond donors (Lipinski definition) is 1. The summed E-state index contributed by atoms with van der Waals surface area (Å²) in [5.74, 6) is 0. The first-order valence-corrected chi connectivity index (χ1v) is 4.19. The second kappa shape index (κ2) is 2.21. The van der Waals surface area contributed by atoms with Crippen LogP contribution in [-0.2, 0) is 0 Å². The van der Waals surface area contributed by atoms with Crippen LogP contribution in [0.1, 0.15) is 25.7 Å². The van der Waals surface area contributed by atoms with E-state index in [0.717, 1.165) is 12.5 Å². The molecule has 2 heterocycles. The van der Waals surface area contributed by atoms with Gasteiger partial charge in [0.15, 0.2) is 0 Å². The highest BCUT2D eigenvalue weighted by Crippen LogP contribution is 2.33. The number of likely N-dealkylation sites (N-methyl/N-ethyl adjacent to an activating group) is 1. The molecule has 0 saturated carbocycles. The minimum Gasteiger partial charge on any atom is -0.391 e. The van der Waals surface area contributed by atoms with Gasteiger partial charge in [-0.25, -0.2) is 0 Å². The van der Waals surface area contributed by atoms with Gasteiger partial charge in [0.05, 0.1) is 6.10 Å². The maximum Gasteiger partial charge on any atom is 0.0696 e. The zero-order chi connectivity index (χ0) is 7.14. The third-order valence-electron chi connectivity index (χ3n) is 3.13. The second-order valence-electron chi connectivity index (χ2n) is 3.61. The van der Waals surface area contributed by atoms with Crippen molar-refractivity contribution in [2.45, 2.75) is 43.9 Å². The Morgan fingerprint density at radius 1 is 1.20 bits per heavy atom. The molecule has 10 heavy (non-hydrogen) atoms. The van der Waals surface area contributed by atoms with E-state index in [2.05, 4.69) is 11.9 Å². The molecule has 2 bridgehead atoms. The molecular weight excluding hydrogens is 126 g/mol. The van der Waals surface area contributed by atoms with E-state index in [1.165, 1.54) is 19.3 Å². The highest BCUT2D eigenvalue weighted by molar-refractivity contribution is 4.94. The van der Waals surface area contributed by atoms with Crippen molar-refractivity contribution in [2.75, 3.05) is 7.05 Å². The van der Waals surface area contributed by atoms with Gasteiger partial charge >= 0.3 is 0 Å². The molecule has 0 amide bonds. The molecule has 2 fully saturated rings. The molecule has 1 N–H and O–H groups in total. The average Bonchev–Trinajstić information content (AvgIpc) is 2.13. The van der Waals surface area contributed by atoms with Crippen LogP contribution in [0.5, 0.6) is 0 Å². The number of hydrogen-bond acceptors (Lipinski definition) is 2. The molecule has 0 aliphatic carbocycles. The van der Waals surface area contributed by atoms with Gasteiger partial charge in [0.1, 0.15) is 0 Å². The number of fused-ring (bicyclic) bond motifs is 2. The number of aliphatic hydroxyl groups is 1. The molecule has 3 atom stereocenters. The van der Waals surface area contributed by atoms with Crippen LogP contribution in [0.3, 0.4) is 0 Å². The first kappa shape index (κ1) is 6.62. The highest BCUT2D eigenvalue weighted by Gasteiger charge is 2.38. The maximum atomic E-state index is 9.52. The lowest BCUT2D eigenvalue weighted by Crippen LogP contribution is -2.44. The van der Waals surface area contributed by atoms with Crippen LogP contribution < -0.4 is 0 Å². The average molecular weight is 141 g/mol. The van der Waals surface area contributed by atoms with Gasteiger partial charge in [-0.15, -0.1) is 0 Å². The fraction of sp³-hybridized carbons (Fsp3) is 1.00. The quantitative estimate of drug-likeness (QED) is 0.534. The Labute approximate surface area is 61.8 Å². The van der Waals surface area contributed by atoms with E-state index in [4.69, 9.17) is 0 Å². The first-order valence-electron chi connectivity index (χ1n) is 4.19. The van der Waals surface area contributed by atoms with Gasteiger partial charge in [0.25, 0.3) is 0 Å². The van der Waals surface area contributed by atoms with E-state index in [9.17, 15) is 5.11 Å². The Balaban J connectivity index is 2.13. The minimum absolute atomic E-state index is 0.0382. The van der Waals surface area contributed by atoms with Gasteiger partial charge in [-0.2, -0.15) is 0 Å². The monoisotopic (exact) mass is 141 g/mol. The van der Waals surface area contributed by atoms with Gasteiger partial charge in [-0.05, 0) is 32.7 Å². The fourth-order valence-corrected chi connectivity index (χ4v) is 2.41. The number of aliphatic hydroxyl groups excluding tert-OH is 1. The predicted octanol–water partition coefficient (Wildman–Crippen LogP) is 0.604. The Hall–Kier alpha value is -0.0800. The third kappa shape index (κ3) is 0.789. The molecule has 2 saturated heterocycles. The summed E-state index contributed by atoms with van der Waals surface area (Å²) >= 11 is 0. The number of nitrogens with zero attached hydrogens (tertiary/aromatic N) is 1. The van der Waals surface area contributed by atoms with E-state index >= 15 is 0 Å². The van der Waals surface area contributed by atoms with Gasteiger partial charge in [0.2, 0.25) is 0 Å².